The van der Waals surface area contributed by atoms with E-state index in [1.165, 1.54) is 7.11 Å². The summed E-state index contributed by atoms with van der Waals surface area (Å²) in [6, 6.07) is 3.20. The lowest BCUT2D eigenvalue weighted by atomic mass is 10.3. The largest absolute Gasteiger partial charge is 0.505 e. The number of anilines is 1. The number of methoxy groups -OCH3 is 1. The molecule has 0 atom stereocenters. The summed E-state index contributed by atoms with van der Waals surface area (Å²) in [5.74, 6) is 0.665. The molecule has 12 heavy (non-hydrogen) atoms. The molecule has 0 aliphatic heterocycles. The maximum atomic E-state index is 9.20. The van der Waals surface area contributed by atoms with Crippen LogP contribution < -0.4 is 10.5 Å². The molecule has 5 heteroatoms. The highest BCUT2D eigenvalue weighted by molar-refractivity contribution is 9.10. The second kappa shape index (κ2) is 4.42. The van der Waals surface area contributed by atoms with Crippen molar-refractivity contribution in [1.82, 2.24) is 0 Å². The minimum absolute atomic E-state index is 0. The Kier molecular flexibility index (Phi) is 4.20. The fraction of sp³-hybridized carbons (Fsp3) is 0.143. The van der Waals surface area contributed by atoms with E-state index in [0.717, 1.165) is 0 Å². The van der Waals surface area contributed by atoms with Crippen molar-refractivity contribution in [3.05, 3.63) is 16.6 Å². The first-order valence-electron chi connectivity index (χ1n) is 2.97. The molecule has 0 fully saturated rings. The highest BCUT2D eigenvalue weighted by atomic mass is 79.9. The lowest BCUT2D eigenvalue weighted by Gasteiger charge is -2.04. The topological polar surface area (TPSA) is 55.5 Å². The number of halogens is 2. The van der Waals surface area contributed by atoms with Crippen molar-refractivity contribution in [2.45, 2.75) is 0 Å². The van der Waals surface area contributed by atoms with Gasteiger partial charge >= 0.3 is 0 Å². The molecule has 0 aliphatic rings. The summed E-state index contributed by atoms with van der Waals surface area (Å²) >= 11 is 3.13. The van der Waals surface area contributed by atoms with Gasteiger partial charge in [0.05, 0.1) is 17.3 Å². The van der Waals surface area contributed by atoms with Gasteiger partial charge in [-0.1, -0.05) is 0 Å². The third-order valence-corrected chi connectivity index (χ3v) is 1.91. The standard InChI is InChI=1S/C7H8BrNO2.ClH/c1-11-4-2-5(8)7(10)6(9)3-4;/h2-3,10H,9H2,1H3;1H. The Balaban J connectivity index is 0.00000121. The van der Waals surface area contributed by atoms with Gasteiger partial charge in [-0.15, -0.1) is 12.4 Å². The number of phenols is 1. The van der Waals surface area contributed by atoms with Crippen molar-refractivity contribution in [3.63, 3.8) is 0 Å². The first-order chi connectivity index (χ1) is 5.15. The highest BCUT2D eigenvalue weighted by Gasteiger charge is 2.04. The van der Waals surface area contributed by atoms with Crippen LogP contribution >= 0.6 is 28.3 Å². The van der Waals surface area contributed by atoms with Crippen LogP contribution in [0.3, 0.4) is 0 Å². The number of phenolic OH excluding ortho intramolecular Hbond substituents is 1. The van der Waals surface area contributed by atoms with E-state index in [-0.39, 0.29) is 18.2 Å². The van der Waals surface area contributed by atoms with E-state index in [1.807, 2.05) is 0 Å². The Morgan fingerprint density at radius 1 is 1.50 bits per heavy atom. The van der Waals surface area contributed by atoms with Crippen molar-refractivity contribution in [3.8, 4) is 11.5 Å². The maximum Gasteiger partial charge on any atom is 0.152 e. The number of rotatable bonds is 1. The number of nitrogens with two attached hydrogens (primary N) is 1. The Bertz CT molecular complexity index is 257. The zero-order valence-electron chi connectivity index (χ0n) is 6.37. The third kappa shape index (κ3) is 2.19. The van der Waals surface area contributed by atoms with Gasteiger partial charge in [-0.3, -0.25) is 0 Å². The van der Waals surface area contributed by atoms with Crippen molar-refractivity contribution in [2.24, 2.45) is 0 Å². The molecule has 1 aromatic rings. The number of aromatic hydroxyl groups is 1. The van der Waals surface area contributed by atoms with Gasteiger partial charge in [0.25, 0.3) is 0 Å². The summed E-state index contributed by atoms with van der Waals surface area (Å²) < 4.78 is 5.45. The van der Waals surface area contributed by atoms with Crippen LogP contribution in [-0.2, 0) is 0 Å². The number of hydrogen-bond acceptors (Lipinski definition) is 3. The normalized spacial score (nSPS) is 8.83. The van der Waals surface area contributed by atoms with Gasteiger partial charge < -0.3 is 15.6 Å². The molecule has 1 aromatic carbocycles. The predicted molar refractivity (Wildman–Crippen MR) is 54.0 cm³/mol. The van der Waals surface area contributed by atoms with E-state index in [4.69, 9.17) is 10.5 Å². The lowest BCUT2D eigenvalue weighted by molar-refractivity contribution is 0.412. The van der Waals surface area contributed by atoms with E-state index < -0.39 is 0 Å². The smallest absolute Gasteiger partial charge is 0.152 e. The summed E-state index contributed by atoms with van der Waals surface area (Å²) in [6.07, 6.45) is 0. The summed E-state index contributed by atoms with van der Waals surface area (Å²) in [7, 11) is 1.54. The van der Waals surface area contributed by atoms with Crippen LogP contribution in [0.1, 0.15) is 0 Å². The van der Waals surface area contributed by atoms with Crippen LogP contribution in [0, 0.1) is 0 Å². The molecule has 0 saturated carbocycles. The molecule has 0 amide bonds. The third-order valence-electron chi connectivity index (χ3n) is 1.30. The van der Waals surface area contributed by atoms with Crippen LogP contribution in [0.25, 0.3) is 0 Å². The van der Waals surface area contributed by atoms with Crippen LogP contribution in [0.4, 0.5) is 5.69 Å². The summed E-state index contributed by atoms with van der Waals surface area (Å²) in [5.41, 5.74) is 5.74. The van der Waals surface area contributed by atoms with E-state index in [9.17, 15) is 5.11 Å². The lowest BCUT2D eigenvalue weighted by Crippen LogP contribution is -1.89. The molecule has 0 aromatic heterocycles. The zero-order valence-corrected chi connectivity index (χ0v) is 8.78. The van der Waals surface area contributed by atoms with Crippen molar-refractivity contribution >= 4 is 34.0 Å². The zero-order chi connectivity index (χ0) is 8.43. The van der Waals surface area contributed by atoms with E-state index in [1.54, 1.807) is 12.1 Å². The Morgan fingerprint density at radius 2 is 2.08 bits per heavy atom. The molecule has 0 bridgehead atoms. The second-order valence-electron chi connectivity index (χ2n) is 2.05. The van der Waals surface area contributed by atoms with Gasteiger partial charge in [-0.2, -0.15) is 0 Å². The fourth-order valence-electron chi connectivity index (χ4n) is 0.712. The molecule has 0 spiro atoms. The molecular formula is C7H9BrClNO2. The number of hydrogen-bond donors (Lipinski definition) is 2. The fourth-order valence-corrected chi connectivity index (χ4v) is 1.17. The maximum absolute atomic E-state index is 9.20. The molecule has 3 N–H and O–H groups in total. The Labute approximate surface area is 85.1 Å². The van der Waals surface area contributed by atoms with Gasteiger partial charge in [0.15, 0.2) is 5.75 Å². The van der Waals surface area contributed by atoms with E-state index >= 15 is 0 Å². The number of ether oxygens (including phenoxy) is 1. The molecule has 68 valence electrons. The number of benzene rings is 1. The minimum Gasteiger partial charge on any atom is -0.505 e. The summed E-state index contributed by atoms with van der Waals surface area (Å²) in [4.78, 5) is 0. The van der Waals surface area contributed by atoms with Gasteiger partial charge in [0.1, 0.15) is 5.75 Å². The quantitative estimate of drug-likeness (QED) is 0.596. The van der Waals surface area contributed by atoms with Gasteiger partial charge in [0.2, 0.25) is 0 Å². The van der Waals surface area contributed by atoms with Crippen molar-refractivity contribution in [2.75, 3.05) is 12.8 Å². The highest BCUT2D eigenvalue weighted by Crippen LogP contribution is 2.33. The SMILES string of the molecule is COc1cc(N)c(O)c(Br)c1.Cl. The predicted octanol–water partition coefficient (Wildman–Crippen LogP) is 2.17. The van der Waals surface area contributed by atoms with E-state index in [2.05, 4.69) is 15.9 Å². The minimum atomic E-state index is 0. The molecule has 1 rings (SSSR count). The molecular weight excluding hydrogens is 245 g/mol. The average molecular weight is 255 g/mol. The summed E-state index contributed by atoms with van der Waals surface area (Å²) in [5, 5.41) is 9.20. The van der Waals surface area contributed by atoms with Crippen molar-refractivity contribution in [1.29, 1.82) is 0 Å². The number of nitrogen functional groups attached to an aromatic ring is 1. The van der Waals surface area contributed by atoms with Crippen LogP contribution in [-0.4, -0.2) is 12.2 Å². The van der Waals surface area contributed by atoms with Gasteiger partial charge in [-0.25, -0.2) is 0 Å². The van der Waals surface area contributed by atoms with Gasteiger partial charge in [-0.05, 0) is 22.0 Å². The molecule has 3 nitrogen and oxygen atoms in total. The molecule has 0 unspecified atom stereocenters. The van der Waals surface area contributed by atoms with Gasteiger partial charge in [0, 0.05) is 6.07 Å². The first kappa shape index (κ1) is 11.4. The molecule has 0 aliphatic carbocycles. The first-order valence-corrected chi connectivity index (χ1v) is 3.76. The molecule has 0 heterocycles. The summed E-state index contributed by atoms with van der Waals surface area (Å²) in [6.45, 7) is 0. The van der Waals surface area contributed by atoms with Crippen LogP contribution in [0.15, 0.2) is 16.6 Å². The monoisotopic (exact) mass is 253 g/mol. The van der Waals surface area contributed by atoms with E-state index in [0.29, 0.717) is 15.9 Å². The second-order valence-corrected chi connectivity index (χ2v) is 2.90. The molecule has 0 radical (unpaired) electrons. The Hall–Kier alpha value is -0.610. The molecule has 0 saturated heterocycles. The van der Waals surface area contributed by atoms with Crippen molar-refractivity contribution < 1.29 is 9.84 Å². The Morgan fingerprint density at radius 3 is 2.50 bits per heavy atom. The average Bonchev–Trinajstić information content (AvgIpc) is 1.99. The van der Waals surface area contributed by atoms with Crippen LogP contribution in [0.5, 0.6) is 11.5 Å². The van der Waals surface area contributed by atoms with Crippen LogP contribution in [0.2, 0.25) is 0 Å².